The Labute approximate surface area is 114 Å². The SMILES string of the molecule is CCc1cc(C(=O)N[C@H](CC(N)=O)C(=O)O)sc1C. The third kappa shape index (κ3) is 4.06. The zero-order valence-corrected chi connectivity index (χ0v) is 11.5. The normalized spacial score (nSPS) is 11.9. The number of carboxylic acid groups (broad SMARTS) is 1. The topological polar surface area (TPSA) is 109 Å². The second kappa shape index (κ2) is 6.33. The van der Waals surface area contributed by atoms with Gasteiger partial charge >= 0.3 is 5.97 Å². The van der Waals surface area contributed by atoms with Gasteiger partial charge in [-0.3, -0.25) is 9.59 Å². The standard InChI is InChI=1S/C12H16N2O4S/c1-3-7-4-9(19-6(7)2)11(16)14-8(12(17)18)5-10(13)15/h4,8H,3,5H2,1-2H3,(H2,13,15)(H,14,16)(H,17,18)/t8-/m1/s1. The highest BCUT2D eigenvalue weighted by atomic mass is 32.1. The van der Waals surface area contributed by atoms with Crippen LogP contribution in [0.5, 0.6) is 0 Å². The molecule has 0 saturated heterocycles. The van der Waals surface area contributed by atoms with E-state index in [2.05, 4.69) is 5.32 Å². The maximum atomic E-state index is 11.9. The van der Waals surface area contributed by atoms with E-state index in [-0.39, 0.29) is 0 Å². The van der Waals surface area contributed by atoms with Crippen molar-refractivity contribution in [3.63, 3.8) is 0 Å². The molecule has 0 bridgehead atoms. The Kier molecular flexibility index (Phi) is 5.05. The molecule has 0 aliphatic carbocycles. The van der Waals surface area contributed by atoms with E-state index in [4.69, 9.17) is 10.8 Å². The fourth-order valence-electron chi connectivity index (χ4n) is 1.61. The molecule has 0 saturated carbocycles. The van der Waals surface area contributed by atoms with Crippen LogP contribution in [0.3, 0.4) is 0 Å². The number of rotatable bonds is 6. The predicted molar refractivity (Wildman–Crippen MR) is 71.1 cm³/mol. The van der Waals surface area contributed by atoms with Gasteiger partial charge in [-0.05, 0) is 25.0 Å². The smallest absolute Gasteiger partial charge is 0.326 e. The van der Waals surface area contributed by atoms with E-state index in [9.17, 15) is 14.4 Å². The van der Waals surface area contributed by atoms with Crippen molar-refractivity contribution >= 4 is 29.1 Å². The third-order valence-corrected chi connectivity index (χ3v) is 3.73. The fourth-order valence-corrected chi connectivity index (χ4v) is 2.63. The minimum absolute atomic E-state index is 0.425. The van der Waals surface area contributed by atoms with Gasteiger partial charge in [-0.1, -0.05) is 6.92 Å². The van der Waals surface area contributed by atoms with Crippen LogP contribution in [0, 0.1) is 6.92 Å². The first-order chi connectivity index (χ1) is 8.85. The second-order valence-corrected chi connectivity index (χ2v) is 5.34. The monoisotopic (exact) mass is 284 g/mol. The number of nitrogens with one attached hydrogen (secondary N) is 1. The second-order valence-electron chi connectivity index (χ2n) is 4.08. The first-order valence-corrected chi connectivity index (χ1v) is 6.58. The van der Waals surface area contributed by atoms with Gasteiger partial charge in [0.05, 0.1) is 11.3 Å². The van der Waals surface area contributed by atoms with Gasteiger partial charge < -0.3 is 16.2 Å². The summed E-state index contributed by atoms with van der Waals surface area (Å²) in [7, 11) is 0. The van der Waals surface area contributed by atoms with Crippen molar-refractivity contribution in [1.82, 2.24) is 5.32 Å². The number of thiophene rings is 1. The number of hydrogen-bond acceptors (Lipinski definition) is 4. The van der Waals surface area contributed by atoms with E-state index in [0.29, 0.717) is 4.88 Å². The molecule has 0 aliphatic heterocycles. The third-order valence-electron chi connectivity index (χ3n) is 2.63. The van der Waals surface area contributed by atoms with E-state index in [0.717, 1.165) is 16.9 Å². The van der Waals surface area contributed by atoms with Crippen LogP contribution in [0.15, 0.2) is 6.07 Å². The molecule has 0 aliphatic rings. The van der Waals surface area contributed by atoms with E-state index in [1.54, 1.807) is 6.07 Å². The van der Waals surface area contributed by atoms with Crippen LogP contribution in [0.2, 0.25) is 0 Å². The summed E-state index contributed by atoms with van der Waals surface area (Å²) in [5.74, 6) is -2.55. The van der Waals surface area contributed by atoms with Crippen LogP contribution < -0.4 is 11.1 Å². The van der Waals surface area contributed by atoms with Crippen LogP contribution in [-0.4, -0.2) is 28.9 Å². The number of nitrogens with two attached hydrogens (primary N) is 1. The Hall–Kier alpha value is -1.89. The summed E-state index contributed by atoms with van der Waals surface area (Å²) in [5, 5.41) is 11.2. The van der Waals surface area contributed by atoms with Crippen molar-refractivity contribution in [1.29, 1.82) is 0 Å². The molecular formula is C12H16N2O4S. The number of aryl methyl sites for hydroxylation is 2. The Morgan fingerprint density at radius 1 is 1.47 bits per heavy atom. The number of aliphatic carboxylic acids is 1. The van der Waals surface area contributed by atoms with Gasteiger partial charge in [0.25, 0.3) is 5.91 Å². The maximum Gasteiger partial charge on any atom is 0.326 e. The summed E-state index contributed by atoms with van der Waals surface area (Å²) in [6.07, 6.45) is 0.380. The largest absolute Gasteiger partial charge is 0.480 e. The molecule has 0 spiro atoms. The summed E-state index contributed by atoms with van der Waals surface area (Å²) >= 11 is 1.30. The minimum atomic E-state index is -1.29. The van der Waals surface area contributed by atoms with Crippen molar-refractivity contribution in [3.05, 3.63) is 21.4 Å². The highest BCUT2D eigenvalue weighted by molar-refractivity contribution is 7.14. The van der Waals surface area contributed by atoms with E-state index in [1.165, 1.54) is 11.3 Å². The number of carbonyl (C=O) groups is 3. The maximum absolute atomic E-state index is 11.9. The summed E-state index contributed by atoms with van der Waals surface area (Å²) in [6.45, 7) is 3.88. The summed E-state index contributed by atoms with van der Waals surface area (Å²) in [6, 6.07) is 0.441. The molecule has 6 nitrogen and oxygen atoms in total. The lowest BCUT2D eigenvalue weighted by atomic mass is 10.2. The van der Waals surface area contributed by atoms with E-state index < -0.39 is 30.2 Å². The molecule has 1 rings (SSSR count). The number of amides is 2. The highest BCUT2D eigenvalue weighted by Gasteiger charge is 2.23. The van der Waals surface area contributed by atoms with Crippen molar-refractivity contribution < 1.29 is 19.5 Å². The Morgan fingerprint density at radius 3 is 2.53 bits per heavy atom. The lowest BCUT2D eigenvalue weighted by Crippen LogP contribution is -2.43. The average molecular weight is 284 g/mol. The number of carboxylic acids is 1. The molecule has 0 radical (unpaired) electrons. The molecule has 1 aromatic rings. The zero-order chi connectivity index (χ0) is 14.6. The fraction of sp³-hybridized carbons (Fsp3) is 0.417. The number of hydrogen-bond donors (Lipinski definition) is 3. The van der Waals surface area contributed by atoms with Crippen LogP contribution in [0.1, 0.15) is 33.5 Å². The first kappa shape index (κ1) is 15.2. The molecule has 2 amide bonds. The van der Waals surface area contributed by atoms with Gasteiger partial charge in [0.1, 0.15) is 6.04 Å². The Morgan fingerprint density at radius 2 is 2.11 bits per heavy atom. The van der Waals surface area contributed by atoms with Gasteiger partial charge in [-0.15, -0.1) is 11.3 Å². The molecule has 0 unspecified atom stereocenters. The average Bonchev–Trinajstić information content (AvgIpc) is 2.69. The molecule has 19 heavy (non-hydrogen) atoms. The number of primary amides is 1. The van der Waals surface area contributed by atoms with Gasteiger partial charge in [0, 0.05) is 4.88 Å². The quantitative estimate of drug-likeness (QED) is 0.713. The lowest BCUT2D eigenvalue weighted by Gasteiger charge is -2.11. The molecule has 104 valence electrons. The molecule has 1 aromatic heterocycles. The molecule has 1 heterocycles. The predicted octanol–water partition coefficient (Wildman–Crippen LogP) is 0.677. The van der Waals surface area contributed by atoms with Crippen LogP contribution in [-0.2, 0) is 16.0 Å². The molecule has 0 aromatic carbocycles. The molecule has 7 heteroatoms. The highest BCUT2D eigenvalue weighted by Crippen LogP contribution is 2.22. The van der Waals surface area contributed by atoms with Gasteiger partial charge in [0.15, 0.2) is 0 Å². The van der Waals surface area contributed by atoms with Crippen molar-refractivity contribution in [2.24, 2.45) is 5.73 Å². The first-order valence-electron chi connectivity index (χ1n) is 5.76. The van der Waals surface area contributed by atoms with Gasteiger partial charge in [0.2, 0.25) is 5.91 Å². The lowest BCUT2D eigenvalue weighted by molar-refractivity contribution is -0.140. The Balaban J connectivity index is 2.81. The van der Waals surface area contributed by atoms with Crippen molar-refractivity contribution in [2.45, 2.75) is 32.7 Å². The molecule has 0 fully saturated rings. The van der Waals surface area contributed by atoms with Crippen LogP contribution >= 0.6 is 11.3 Å². The molecule has 1 atom stereocenters. The van der Waals surface area contributed by atoms with E-state index in [1.807, 2.05) is 13.8 Å². The van der Waals surface area contributed by atoms with E-state index >= 15 is 0 Å². The summed E-state index contributed by atoms with van der Waals surface area (Å²) in [5.41, 5.74) is 6.00. The molecular weight excluding hydrogens is 268 g/mol. The van der Waals surface area contributed by atoms with Crippen LogP contribution in [0.25, 0.3) is 0 Å². The van der Waals surface area contributed by atoms with Crippen LogP contribution in [0.4, 0.5) is 0 Å². The Bertz CT molecular complexity index is 510. The number of carbonyl (C=O) groups excluding carboxylic acids is 2. The summed E-state index contributed by atoms with van der Waals surface area (Å²) in [4.78, 5) is 35.0. The molecule has 4 N–H and O–H groups in total. The zero-order valence-electron chi connectivity index (χ0n) is 10.7. The van der Waals surface area contributed by atoms with Gasteiger partial charge in [-0.2, -0.15) is 0 Å². The van der Waals surface area contributed by atoms with Gasteiger partial charge in [-0.25, -0.2) is 4.79 Å². The van der Waals surface area contributed by atoms with Crippen molar-refractivity contribution in [3.8, 4) is 0 Å². The minimum Gasteiger partial charge on any atom is -0.480 e. The van der Waals surface area contributed by atoms with Crippen molar-refractivity contribution in [2.75, 3.05) is 0 Å². The summed E-state index contributed by atoms with van der Waals surface area (Å²) < 4.78 is 0.